The first-order valence-corrected chi connectivity index (χ1v) is 12.5. The van der Waals surface area contributed by atoms with Gasteiger partial charge in [-0.15, -0.1) is 0 Å². The Balaban J connectivity index is 2.08. The monoisotopic (exact) mass is 495 g/mol. The van der Waals surface area contributed by atoms with Gasteiger partial charge in [-0.2, -0.15) is 0 Å². The van der Waals surface area contributed by atoms with Crippen molar-refractivity contribution in [2.75, 3.05) is 13.2 Å². The molecule has 0 saturated carbocycles. The first-order valence-electron chi connectivity index (χ1n) is 9.40. The summed E-state index contributed by atoms with van der Waals surface area (Å²) in [7, 11) is -3.70. The summed E-state index contributed by atoms with van der Waals surface area (Å²) in [5.41, 5.74) is 0.285. The van der Waals surface area contributed by atoms with E-state index in [1.807, 2.05) is 0 Å². The smallest absolute Gasteiger partial charge is 0.305 e. The van der Waals surface area contributed by atoms with Crippen LogP contribution in [0.5, 0.6) is 0 Å². The molecule has 1 aliphatic rings. The third-order valence-corrected chi connectivity index (χ3v) is 8.08. The van der Waals surface area contributed by atoms with E-state index in [9.17, 15) is 13.8 Å². The number of hydrogen-bond donors (Lipinski definition) is 0. The van der Waals surface area contributed by atoms with E-state index in [1.54, 1.807) is 23.2 Å². The molecule has 30 heavy (non-hydrogen) atoms. The van der Waals surface area contributed by atoms with Crippen molar-refractivity contribution in [3.05, 3.63) is 47.8 Å². The van der Waals surface area contributed by atoms with Crippen molar-refractivity contribution >= 4 is 53.9 Å². The van der Waals surface area contributed by atoms with Crippen LogP contribution in [-0.2, 0) is 26.7 Å². The van der Waals surface area contributed by atoms with Gasteiger partial charge in [-0.3, -0.25) is 14.0 Å². The fraction of sp³-hybridized carbons (Fsp3) is 0.444. The van der Waals surface area contributed by atoms with Crippen LogP contribution in [0.25, 0.3) is 6.08 Å². The summed E-state index contributed by atoms with van der Waals surface area (Å²) in [5, 5.41) is 0.0592. The van der Waals surface area contributed by atoms with Crippen LogP contribution in [0.4, 0.5) is 10.1 Å². The summed E-state index contributed by atoms with van der Waals surface area (Å²) >= 11 is 13.3. The Hall–Kier alpha value is -1.22. The number of fused-ring (bicyclic) bond motifs is 1. The maximum absolute atomic E-state index is 14.5. The highest BCUT2D eigenvalue weighted by molar-refractivity contribution is 7.61. The van der Waals surface area contributed by atoms with Gasteiger partial charge in [0.05, 0.1) is 18.2 Å². The van der Waals surface area contributed by atoms with Crippen molar-refractivity contribution in [1.82, 2.24) is 9.36 Å². The molecule has 1 aromatic carbocycles. The highest BCUT2D eigenvalue weighted by atomic mass is 35.5. The topological polar surface area (TPSA) is 74.8 Å². The number of nitrogens with zero attached hydrogens (tertiary/aromatic N) is 3. The second-order valence-electron chi connectivity index (χ2n) is 6.34. The molecule has 0 aliphatic carbocycles. The van der Waals surface area contributed by atoms with Gasteiger partial charge in [0.2, 0.25) is 4.80 Å². The van der Waals surface area contributed by atoms with Gasteiger partial charge in [-0.05, 0) is 61.8 Å². The van der Waals surface area contributed by atoms with Crippen molar-refractivity contribution in [2.24, 2.45) is 4.99 Å². The summed E-state index contributed by atoms with van der Waals surface area (Å²) < 4.78 is 41.0. The Morgan fingerprint density at radius 3 is 2.53 bits per heavy atom. The summed E-state index contributed by atoms with van der Waals surface area (Å²) in [6.45, 7) is 4.85. The standard InChI is InChI=1S/C18H21Cl2FN3O4PS/c1-3-27-29(26,28-4-2)16(20)10-12-9-15(14(21)11-13(12)19)22-17-23-7-5-6-8-24(23)18(25)30-17/h9-11H,3-8H2,1-2H3. The molecule has 0 spiro atoms. The predicted octanol–water partition coefficient (Wildman–Crippen LogP) is 5.33. The van der Waals surface area contributed by atoms with Crippen LogP contribution in [0.3, 0.4) is 0 Å². The minimum Gasteiger partial charge on any atom is -0.305 e. The second-order valence-corrected chi connectivity index (χ2v) is 10.3. The number of rotatable bonds is 7. The van der Waals surface area contributed by atoms with Gasteiger partial charge in [-0.1, -0.05) is 23.2 Å². The van der Waals surface area contributed by atoms with E-state index in [0.717, 1.165) is 30.2 Å². The number of benzene rings is 1. The molecule has 1 aromatic heterocycles. The molecule has 0 bridgehead atoms. The molecular weight excluding hydrogens is 475 g/mol. The number of hydrogen-bond acceptors (Lipinski definition) is 6. The van der Waals surface area contributed by atoms with Crippen molar-refractivity contribution in [2.45, 2.75) is 39.8 Å². The lowest BCUT2D eigenvalue weighted by Gasteiger charge is -2.16. The van der Waals surface area contributed by atoms with Crippen LogP contribution in [0.1, 0.15) is 32.3 Å². The van der Waals surface area contributed by atoms with E-state index >= 15 is 0 Å². The third kappa shape index (κ3) is 4.98. The van der Waals surface area contributed by atoms with Gasteiger partial charge < -0.3 is 9.05 Å². The molecule has 3 rings (SSSR count). The molecule has 2 aromatic rings. The molecule has 0 unspecified atom stereocenters. The Morgan fingerprint density at radius 1 is 1.27 bits per heavy atom. The molecular formula is C18H21Cl2FN3O4PS. The van der Waals surface area contributed by atoms with E-state index in [4.69, 9.17) is 32.2 Å². The minimum absolute atomic E-state index is 0.0134. The normalized spacial score (nSPS) is 15.5. The average molecular weight is 496 g/mol. The number of aromatic nitrogens is 2. The van der Waals surface area contributed by atoms with Crippen molar-refractivity contribution in [3.8, 4) is 0 Å². The molecule has 164 valence electrons. The summed E-state index contributed by atoms with van der Waals surface area (Å²) in [6, 6.07) is 2.48. The molecule has 7 nitrogen and oxygen atoms in total. The maximum atomic E-state index is 14.5. The Labute approximate surface area is 186 Å². The van der Waals surface area contributed by atoms with E-state index in [-0.39, 0.29) is 33.6 Å². The van der Waals surface area contributed by atoms with Crippen molar-refractivity contribution < 1.29 is 18.0 Å². The lowest BCUT2D eigenvalue weighted by Crippen LogP contribution is -2.31. The number of halogens is 3. The van der Waals surface area contributed by atoms with Gasteiger partial charge in [0.25, 0.3) is 0 Å². The van der Waals surface area contributed by atoms with Crippen LogP contribution in [0, 0.1) is 5.82 Å². The van der Waals surface area contributed by atoms with Crippen molar-refractivity contribution in [1.29, 1.82) is 0 Å². The van der Waals surface area contributed by atoms with Gasteiger partial charge in [0.1, 0.15) is 16.3 Å². The van der Waals surface area contributed by atoms with Gasteiger partial charge >= 0.3 is 12.5 Å². The van der Waals surface area contributed by atoms with E-state index in [1.165, 1.54) is 12.1 Å². The maximum Gasteiger partial charge on any atom is 0.372 e. The molecule has 0 radical (unpaired) electrons. The second kappa shape index (κ2) is 9.94. The van der Waals surface area contributed by atoms with Crippen LogP contribution < -0.4 is 9.67 Å². The zero-order chi connectivity index (χ0) is 21.9. The largest absolute Gasteiger partial charge is 0.372 e. The molecule has 12 heteroatoms. The highest BCUT2D eigenvalue weighted by Crippen LogP contribution is 2.58. The zero-order valence-electron chi connectivity index (χ0n) is 16.4. The Morgan fingerprint density at radius 2 is 1.90 bits per heavy atom. The fourth-order valence-electron chi connectivity index (χ4n) is 2.98. The van der Waals surface area contributed by atoms with Gasteiger partial charge in [0, 0.05) is 13.1 Å². The minimum atomic E-state index is -3.70. The molecule has 0 atom stereocenters. The predicted molar refractivity (Wildman–Crippen MR) is 117 cm³/mol. The quantitative estimate of drug-likeness (QED) is 0.486. The van der Waals surface area contributed by atoms with E-state index in [0.29, 0.717) is 23.5 Å². The molecule has 0 N–H and O–H groups in total. The molecule has 2 heterocycles. The summed E-state index contributed by atoms with van der Waals surface area (Å²) in [4.78, 5) is 16.8. The van der Waals surface area contributed by atoms with Crippen LogP contribution in [-0.4, -0.2) is 22.6 Å². The van der Waals surface area contributed by atoms with Crippen LogP contribution >= 0.6 is 42.1 Å². The SMILES string of the molecule is CCOP(=O)(OCC)C(Cl)=Cc1cc(N=c2sc(=O)n3n2CCCC3)c(F)cc1Cl. The van der Waals surface area contributed by atoms with E-state index in [2.05, 4.69) is 4.99 Å². The summed E-state index contributed by atoms with van der Waals surface area (Å²) in [5.74, 6) is -0.651. The summed E-state index contributed by atoms with van der Waals surface area (Å²) in [6.07, 6.45) is 3.15. The van der Waals surface area contributed by atoms with Gasteiger partial charge in [0.15, 0.2) is 0 Å². The van der Waals surface area contributed by atoms with E-state index < -0.39 is 13.4 Å². The molecule has 1 aliphatic heterocycles. The lowest BCUT2D eigenvalue weighted by molar-refractivity contribution is 0.228. The van der Waals surface area contributed by atoms with Gasteiger partial charge in [-0.25, -0.2) is 14.1 Å². The molecule has 0 amide bonds. The Kier molecular flexibility index (Phi) is 7.76. The van der Waals surface area contributed by atoms with Crippen LogP contribution in [0.2, 0.25) is 5.02 Å². The Bertz CT molecular complexity index is 1130. The fourth-order valence-corrected chi connectivity index (χ4v) is 5.78. The zero-order valence-corrected chi connectivity index (χ0v) is 19.7. The average Bonchev–Trinajstić information content (AvgIpc) is 3.02. The third-order valence-electron chi connectivity index (χ3n) is 4.31. The highest BCUT2D eigenvalue weighted by Gasteiger charge is 2.28. The molecule has 0 fully saturated rings. The first kappa shape index (κ1) is 23.4. The first-order chi connectivity index (χ1) is 14.3. The van der Waals surface area contributed by atoms with Crippen LogP contribution in [0.15, 0.2) is 26.7 Å². The van der Waals surface area contributed by atoms with Crippen molar-refractivity contribution in [3.63, 3.8) is 0 Å². The molecule has 0 saturated heterocycles. The lowest BCUT2D eigenvalue weighted by atomic mass is 10.2.